The SMILES string of the molecule is Cc1nn(-c2ccc(Br)cc2)c2nc3c(nc12)C(=O)C(=O)c1ccccc1-3. The van der Waals surface area contributed by atoms with Gasteiger partial charge in [0.25, 0.3) is 5.78 Å². The molecule has 0 aliphatic heterocycles. The van der Waals surface area contributed by atoms with E-state index in [1.165, 1.54) is 0 Å². The third-order valence-electron chi connectivity index (χ3n) is 4.59. The predicted molar refractivity (Wildman–Crippen MR) is 103 cm³/mol. The Hall–Kier alpha value is -3.19. The zero-order chi connectivity index (χ0) is 18.7. The van der Waals surface area contributed by atoms with Crippen molar-refractivity contribution in [3.8, 4) is 16.9 Å². The number of aromatic nitrogens is 4. The van der Waals surface area contributed by atoms with Gasteiger partial charge in [0.1, 0.15) is 16.9 Å². The molecule has 2 aromatic heterocycles. The molecule has 1 aliphatic rings. The van der Waals surface area contributed by atoms with Crippen LogP contribution in [-0.2, 0) is 0 Å². The molecule has 0 atom stereocenters. The van der Waals surface area contributed by atoms with Crippen molar-refractivity contribution in [1.82, 2.24) is 19.7 Å². The molecule has 4 aromatic rings. The van der Waals surface area contributed by atoms with Crippen molar-refractivity contribution in [3.63, 3.8) is 0 Å². The normalized spacial score (nSPS) is 13.0. The predicted octanol–water partition coefficient (Wildman–Crippen LogP) is 3.93. The average Bonchev–Trinajstić information content (AvgIpc) is 3.01. The lowest BCUT2D eigenvalue weighted by Crippen LogP contribution is -2.23. The van der Waals surface area contributed by atoms with Crippen LogP contribution in [0.15, 0.2) is 53.0 Å². The number of Topliss-reactive ketones (excluding diaryl/α,β-unsaturated/α-hetero) is 2. The van der Waals surface area contributed by atoms with Gasteiger partial charge in [0.2, 0.25) is 5.78 Å². The third-order valence-corrected chi connectivity index (χ3v) is 5.12. The number of fused-ring (bicyclic) bond motifs is 4. The van der Waals surface area contributed by atoms with Gasteiger partial charge in [0, 0.05) is 15.6 Å². The molecule has 7 heteroatoms. The lowest BCUT2D eigenvalue weighted by Gasteiger charge is -2.16. The molecular weight excluding hydrogens is 408 g/mol. The Morgan fingerprint density at radius 3 is 2.30 bits per heavy atom. The fourth-order valence-electron chi connectivity index (χ4n) is 3.29. The lowest BCUT2D eigenvalue weighted by molar-refractivity contribution is 0.0812. The molecule has 6 nitrogen and oxygen atoms in total. The first-order chi connectivity index (χ1) is 13.0. The molecule has 2 heterocycles. The Morgan fingerprint density at radius 2 is 1.56 bits per heavy atom. The maximum atomic E-state index is 12.6. The van der Waals surface area contributed by atoms with Crippen LogP contribution < -0.4 is 0 Å². The van der Waals surface area contributed by atoms with Crippen molar-refractivity contribution in [2.75, 3.05) is 0 Å². The summed E-state index contributed by atoms with van der Waals surface area (Å²) in [6.45, 7) is 1.81. The molecule has 0 N–H and O–H groups in total. The second-order valence-electron chi connectivity index (χ2n) is 6.27. The molecular formula is C20H11BrN4O2. The van der Waals surface area contributed by atoms with E-state index < -0.39 is 11.6 Å². The number of hydrogen-bond acceptors (Lipinski definition) is 5. The summed E-state index contributed by atoms with van der Waals surface area (Å²) in [7, 11) is 0. The van der Waals surface area contributed by atoms with Crippen LogP contribution in [0.5, 0.6) is 0 Å². The summed E-state index contributed by atoms with van der Waals surface area (Å²) in [6.07, 6.45) is 0. The van der Waals surface area contributed by atoms with E-state index in [4.69, 9.17) is 4.98 Å². The van der Waals surface area contributed by atoms with Crippen molar-refractivity contribution in [1.29, 1.82) is 0 Å². The maximum Gasteiger partial charge on any atom is 0.254 e. The Balaban J connectivity index is 1.84. The van der Waals surface area contributed by atoms with Crippen molar-refractivity contribution in [2.45, 2.75) is 6.92 Å². The first-order valence-corrected chi connectivity index (χ1v) is 9.05. The van der Waals surface area contributed by atoms with Crippen LogP contribution >= 0.6 is 15.9 Å². The van der Waals surface area contributed by atoms with Crippen LogP contribution in [0.3, 0.4) is 0 Å². The van der Waals surface area contributed by atoms with Crippen LogP contribution in [0.4, 0.5) is 0 Å². The molecule has 5 rings (SSSR count). The number of aryl methyl sites for hydroxylation is 1. The van der Waals surface area contributed by atoms with E-state index in [2.05, 4.69) is 26.0 Å². The van der Waals surface area contributed by atoms with E-state index >= 15 is 0 Å². The van der Waals surface area contributed by atoms with E-state index in [9.17, 15) is 9.59 Å². The largest absolute Gasteiger partial charge is 0.285 e. The number of carbonyl (C=O) groups excluding carboxylic acids is 2. The van der Waals surface area contributed by atoms with Gasteiger partial charge in [-0.2, -0.15) is 5.10 Å². The van der Waals surface area contributed by atoms with E-state index in [1.54, 1.807) is 22.9 Å². The fourth-order valence-corrected chi connectivity index (χ4v) is 3.55. The topological polar surface area (TPSA) is 77.7 Å². The van der Waals surface area contributed by atoms with Crippen molar-refractivity contribution in [3.05, 3.63) is 70.0 Å². The molecule has 0 saturated carbocycles. The molecule has 0 spiro atoms. The molecule has 0 saturated heterocycles. The number of carbonyl (C=O) groups is 2. The van der Waals surface area contributed by atoms with Crippen LogP contribution in [0.1, 0.15) is 26.5 Å². The van der Waals surface area contributed by atoms with Crippen LogP contribution in [0.25, 0.3) is 28.1 Å². The third kappa shape index (κ3) is 2.28. The van der Waals surface area contributed by atoms with Gasteiger partial charge in [0.05, 0.1) is 11.4 Å². The fraction of sp³-hybridized carbons (Fsp3) is 0.0500. The van der Waals surface area contributed by atoms with E-state index in [0.29, 0.717) is 33.7 Å². The molecule has 0 radical (unpaired) electrons. The lowest BCUT2D eigenvalue weighted by atomic mass is 9.90. The molecule has 0 fully saturated rings. The minimum atomic E-state index is -0.631. The van der Waals surface area contributed by atoms with Gasteiger partial charge in [-0.3, -0.25) is 9.59 Å². The zero-order valence-corrected chi connectivity index (χ0v) is 15.7. The Labute approximate surface area is 162 Å². The second-order valence-corrected chi connectivity index (χ2v) is 7.19. The van der Waals surface area contributed by atoms with Crippen LogP contribution in [0, 0.1) is 6.92 Å². The van der Waals surface area contributed by atoms with Gasteiger partial charge in [-0.1, -0.05) is 40.2 Å². The summed E-state index contributed by atoms with van der Waals surface area (Å²) in [5, 5.41) is 4.54. The minimum Gasteiger partial charge on any atom is -0.285 e. The number of rotatable bonds is 1. The van der Waals surface area contributed by atoms with Gasteiger partial charge in [-0.15, -0.1) is 0 Å². The Kier molecular flexibility index (Phi) is 3.35. The van der Waals surface area contributed by atoms with Gasteiger partial charge in [0.15, 0.2) is 5.65 Å². The number of halogens is 1. The highest BCUT2D eigenvalue weighted by atomic mass is 79.9. The molecule has 0 bridgehead atoms. The summed E-state index contributed by atoms with van der Waals surface area (Å²) < 4.78 is 2.66. The van der Waals surface area contributed by atoms with Crippen LogP contribution in [0.2, 0.25) is 0 Å². The monoisotopic (exact) mass is 418 g/mol. The summed E-state index contributed by atoms with van der Waals surface area (Å²) in [6, 6.07) is 14.6. The summed E-state index contributed by atoms with van der Waals surface area (Å²) in [5.74, 6) is -1.18. The molecule has 130 valence electrons. The van der Waals surface area contributed by atoms with Gasteiger partial charge in [-0.05, 0) is 31.2 Å². The van der Waals surface area contributed by atoms with Crippen molar-refractivity contribution in [2.24, 2.45) is 0 Å². The van der Waals surface area contributed by atoms with E-state index in [-0.39, 0.29) is 5.69 Å². The number of hydrogen-bond donors (Lipinski definition) is 0. The molecule has 27 heavy (non-hydrogen) atoms. The number of ketones is 2. The molecule has 1 aliphatic carbocycles. The van der Waals surface area contributed by atoms with Gasteiger partial charge >= 0.3 is 0 Å². The highest BCUT2D eigenvalue weighted by molar-refractivity contribution is 9.10. The second kappa shape index (κ2) is 5.65. The number of benzene rings is 2. The van der Waals surface area contributed by atoms with E-state index in [0.717, 1.165) is 10.2 Å². The average molecular weight is 419 g/mol. The molecule has 2 aromatic carbocycles. The summed E-state index contributed by atoms with van der Waals surface area (Å²) in [5.41, 5.74) is 4.01. The molecule has 0 unspecified atom stereocenters. The Morgan fingerprint density at radius 1 is 0.852 bits per heavy atom. The van der Waals surface area contributed by atoms with Crippen LogP contribution in [-0.4, -0.2) is 31.3 Å². The standard InChI is InChI=1S/C20H11BrN4O2/c1-10-15-20(25(24-10)12-8-6-11(21)7-9-12)23-16-13-4-2-3-5-14(13)18(26)19(27)17(16)22-15/h2-9H,1H3. The minimum absolute atomic E-state index is 0.0876. The van der Waals surface area contributed by atoms with E-state index in [1.807, 2.05) is 37.3 Å². The summed E-state index contributed by atoms with van der Waals surface area (Å²) in [4.78, 5) is 34.2. The highest BCUT2D eigenvalue weighted by Gasteiger charge is 2.33. The van der Waals surface area contributed by atoms with Gasteiger partial charge in [-0.25, -0.2) is 14.6 Å². The first kappa shape index (κ1) is 16.0. The molecule has 0 amide bonds. The van der Waals surface area contributed by atoms with Crippen molar-refractivity contribution >= 4 is 38.7 Å². The first-order valence-electron chi connectivity index (χ1n) is 8.26. The van der Waals surface area contributed by atoms with Gasteiger partial charge < -0.3 is 0 Å². The Bertz CT molecular complexity index is 1280. The maximum absolute atomic E-state index is 12.6. The quantitative estimate of drug-likeness (QED) is 0.437. The van der Waals surface area contributed by atoms with Crippen molar-refractivity contribution < 1.29 is 9.59 Å². The highest BCUT2D eigenvalue weighted by Crippen LogP contribution is 2.33. The number of nitrogens with zero attached hydrogens (tertiary/aromatic N) is 4. The summed E-state index contributed by atoms with van der Waals surface area (Å²) >= 11 is 3.43. The zero-order valence-electron chi connectivity index (χ0n) is 14.1. The smallest absolute Gasteiger partial charge is 0.254 e.